The Labute approximate surface area is 326 Å². The second-order valence-corrected chi connectivity index (χ2v) is 13.4. The Balaban J connectivity index is 1.38. The molecule has 0 aliphatic rings. The van der Waals surface area contributed by atoms with Crippen molar-refractivity contribution in [2.45, 2.75) is 40.9 Å². The first kappa shape index (κ1) is 40.3. The predicted octanol–water partition coefficient (Wildman–Crippen LogP) is 8.99. The monoisotopic (exact) mass is 755 g/mol. The van der Waals surface area contributed by atoms with E-state index in [1.807, 2.05) is 75.4 Å². The predicted molar refractivity (Wildman–Crippen MR) is 217 cm³/mol. The van der Waals surface area contributed by atoms with Gasteiger partial charge in [0.05, 0.1) is 29.2 Å². The van der Waals surface area contributed by atoms with E-state index in [0.717, 1.165) is 16.7 Å². The van der Waals surface area contributed by atoms with Gasteiger partial charge in [-0.1, -0.05) is 86.7 Å². The molecule has 5 aromatic carbocycles. The van der Waals surface area contributed by atoms with Crippen LogP contribution in [0.5, 0.6) is 17.2 Å². The lowest BCUT2D eigenvalue weighted by atomic mass is 10.1. The minimum Gasteiger partial charge on any atom is -0.491 e. The number of esters is 1. The Hall–Kier alpha value is -6.88. The zero-order valence-corrected chi connectivity index (χ0v) is 31.8. The van der Waals surface area contributed by atoms with Gasteiger partial charge in [-0.25, -0.2) is 4.79 Å². The average molecular weight is 756 g/mol. The van der Waals surface area contributed by atoms with Crippen molar-refractivity contribution in [1.82, 2.24) is 0 Å². The van der Waals surface area contributed by atoms with Gasteiger partial charge in [-0.2, -0.15) is 0 Å². The van der Waals surface area contributed by atoms with Crippen LogP contribution < -0.4 is 30.2 Å². The van der Waals surface area contributed by atoms with E-state index in [9.17, 15) is 19.2 Å². The molecule has 0 fully saturated rings. The zero-order valence-electron chi connectivity index (χ0n) is 31.8. The van der Waals surface area contributed by atoms with E-state index >= 15 is 0 Å². The topological polar surface area (TPSA) is 141 Å². The molecule has 0 atom stereocenters. The van der Waals surface area contributed by atoms with Gasteiger partial charge in [0.15, 0.2) is 0 Å². The van der Waals surface area contributed by atoms with Crippen molar-refractivity contribution < 1.29 is 38.1 Å². The highest BCUT2D eigenvalue weighted by Crippen LogP contribution is 2.32. The molecule has 0 radical (unpaired) electrons. The molecule has 0 saturated carbocycles. The van der Waals surface area contributed by atoms with Gasteiger partial charge in [-0.15, -0.1) is 0 Å². The lowest BCUT2D eigenvalue weighted by molar-refractivity contribution is -0.114. The van der Waals surface area contributed by atoms with Crippen LogP contribution in [0.25, 0.3) is 0 Å². The Morgan fingerprint density at radius 2 is 1.11 bits per heavy atom. The molecule has 11 heteroatoms. The summed E-state index contributed by atoms with van der Waals surface area (Å²) >= 11 is 0. The number of carbonyl (C=O) groups is 4. The molecule has 288 valence electrons. The van der Waals surface area contributed by atoms with Crippen molar-refractivity contribution in [2.24, 2.45) is 5.92 Å². The highest BCUT2D eigenvalue weighted by atomic mass is 16.5. The number of hydrogen-bond acceptors (Lipinski definition) is 8. The van der Waals surface area contributed by atoms with Crippen LogP contribution in [0.3, 0.4) is 0 Å². The Kier molecular flexibility index (Phi) is 14.0. The standard InChI is InChI=1S/C45H45N3O8/c1-6-22-53-45(52)36-18-21-39(42(25-36)56-28-33-14-12-30(4)13-15-33)48-44(51)35-17-20-38(41(24-35)54-26-29(2)3)47-43(50)34-16-19-37(46-31(5)49)40(23-34)55-27-32-10-8-7-9-11-32/h6-21,23-25,29H,1,22,26-28H2,2-5H3,(H,46,49)(H,47,50)(H,48,51). The van der Waals surface area contributed by atoms with E-state index in [4.69, 9.17) is 18.9 Å². The molecule has 0 heterocycles. The maximum absolute atomic E-state index is 13.7. The van der Waals surface area contributed by atoms with Gasteiger partial charge in [-0.3, -0.25) is 14.4 Å². The van der Waals surface area contributed by atoms with Crippen molar-refractivity contribution in [3.8, 4) is 17.2 Å². The van der Waals surface area contributed by atoms with Crippen LogP contribution in [0.15, 0.2) is 122 Å². The molecule has 3 N–H and O–H groups in total. The molecule has 0 saturated heterocycles. The minimum absolute atomic E-state index is 0.0453. The molecule has 0 aliphatic carbocycles. The van der Waals surface area contributed by atoms with E-state index in [1.165, 1.54) is 25.1 Å². The van der Waals surface area contributed by atoms with E-state index < -0.39 is 17.8 Å². The summed E-state index contributed by atoms with van der Waals surface area (Å²) in [6.45, 7) is 11.7. The maximum Gasteiger partial charge on any atom is 0.338 e. The smallest absolute Gasteiger partial charge is 0.338 e. The summed E-state index contributed by atoms with van der Waals surface area (Å²) in [4.78, 5) is 51.9. The van der Waals surface area contributed by atoms with E-state index in [0.29, 0.717) is 29.4 Å². The lowest BCUT2D eigenvalue weighted by Crippen LogP contribution is -2.17. The lowest BCUT2D eigenvalue weighted by Gasteiger charge is -2.17. The van der Waals surface area contributed by atoms with Crippen LogP contribution >= 0.6 is 0 Å². The first-order chi connectivity index (χ1) is 27.0. The number of anilines is 3. The zero-order chi connectivity index (χ0) is 40.0. The fraction of sp³-hybridized carbons (Fsp3) is 0.200. The summed E-state index contributed by atoms with van der Waals surface area (Å²) in [7, 11) is 0. The van der Waals surface area contributed by atoms with Gasteiger partial charge in [0.1, 0.15) is 37.1 Å². The number of carbonyl (C=O) groups excluding carboxylic acids is 4. The molecular weight excluding hydrogens is 711 g/mol. The second-order valence-electron chi connectivity index (χ2n) is 13.4. The Morgan fingerprint density at radius 1 is 0.625 bits per heavy atom. The summed E-state index contributed by atoms with van der Waals surface area (Å²) in [6.07, 6.45) is 1.47. The number of hydrogen-bond donors (Lipinski definition) is 3. The van der Waals surface area contributed by atoms with Gasteiger partial charge >= 0.3 is 5.97 Å². The molecule has 0 spiro atoms. The average Bonchev–Trinajstić information content (AvgIpc) is 3.19. The van der Waals surface area contributed by atoms with Gasteiger partial charge in [0.25, 0.3) is 11.8 Å². The number of nitrogens with one attached hydrogen (secondary N) is 3. The Bertz CT molecular complexity index is 2180. The number of aryl methyl sites for hydroxylation is 1. The largest absolute Gasteiger partial charge is 0.491 e. The van der Waals surface area contributed by atoms with Crippen molar-refractivity contribution in [3.63, 3.8) is 0 Å². The minimum atomic E-state index is -0.563. The maximum atomic E-state index is 13.7. The first-order valence-electron chi connectivity index (χ1n) is 18.1. The third kappa shape index (κ3) is 11.6. The Morgan fingerprint density at radius 3 is 1.62 bits per heavy atom. The van der Waals surface area contributed by atoms with E-state index in [2.05, 4.69) is 22.5 Å². The summed E-state index contributed by atoms with van der Waals surface area (Å²) in [6, 6.07) is 31.4. The van der Waals surface area contributed by atoms with Crippen molar-refractivity contribution in [1.29, 1.82) is 0 Å². The van der Waals surface area contributed by atoms with Gasteiger partial charge in [0, 0.05) is 18.1 Å². The number of benzene rings is 5. The summed E-state index contributed by atoms with van der Waals surface area (Å²) in [5, 5.41) is 8.53. The van der Waals surface area contributed by atoms with Crippen LogP contribution in [-0.4, -0.2) is 36.9 Å². The molecule has 0 aromatic heterocycles. The third-order valence-electron chi connectivity index (χ3n) is 8.17. The van der Waals surface area contributed by atoms with Crippen molar-refractivity contribution >= 4 is 40.8 Å². The van der Waals surface area contributed by atoms with Gasteiger partial charge in [0.2, 0.25) is 5.91 Å². The fourth-order valence-electron chi connectivity index (χ4n) is 5.28. The number of ether oxygens (including phenoxy) is 4. The van der Waals surface area contributed by atoms with Crippen LogP contribution in [-0.2, 0) is 22.7 Å². The van der Waals surface area contributed by atoms with Crippen LogP contribution in [0.4, 0.5) is 17.1 Å². The van der Waals surface area contributed by atoms with E-state index in [-0.39, 0.29) is 59.8 Å². The number of rotatable bonds is 17. The molecule has 56 heavy (non-hydrogen) atoms. The second kappa shape index (κ2) is 19.4. The quantitative estimate of drug-likeness (QED) is 0.0631. The summed E-state index contributed by atoms with van der Waals surface area (Å²) in [5.41, 5.74) is 4.78. The molecule has 3 amide bonds. The van der Waals surface area contributed by atoms with Crippen molar-refractivity contribution in [2.75, 3.05) is 29.2 Å². The summed E-state index contributed by atoms with van der Waals surface area (Å²) < 4.78 is 23.4. The molecular formula is C45H45N3O8. The van der Waals surface area contributed by atoms with Crippen LogP contribution in [0, 0.1) is 12.8 Å². The highest BCUT2D eigenvalue weighted by Gasteiger charge is 2.19. The van der Waals surface area contributed by atoms with E-state index in [1.54, 1.807) is 42.5 Å². The van der Waals surface area contributed by atoms with Crippen LogP contribution in [0.2, 0.25) is 0 Å². The molecule has 0 aliphatic heterocycles. The molecule has 0 bridgehead atoms. The summed E-state index contributed by atoms with van der Waals surface area (Å²) in [5.74, 6) is -0.765. The van der Waals surface area contributed by atoms with Gasteiger partial charge < -0.3 is 34.9 Å². The van der Waals surface area contributed by atoms with Crippen LogP contribution in [0.1, 0.15) is 68.5 Å². The normalized spacial score (nSPS) is 10.6. The third-order valence-corrected chi connectivity index (χ3v) is 8.17. The number of amides is 3. The fourth-order valence-corrected chi connectivity index (χ4v) is 5.28. The highest BCUT2D eigenvalue weighted by molar-refractivity contribution is 6.08. The molecule has 0 unspecified atom stereocenters. The molecule has 5 rings (SSSR count). The van der Waals surface area contributed by atoms with Crippen molar-refractivity contribution in [3.05, 3.63) is 155 Å². The molecule has 11 nitrogen and oxygen atoms in total. The SMILES string of the molecule is C=CCOC(=O)c1ccc(NC(=O)c2ccc(NC(=O)c3ccc(NC(C)=O)c(OCc4ccccc4)c3)c(OCC(C)C)c2)c(OCc2ccc(C)cc2)c1. The first-order valence-corrected chi connectivity index (χ1v) is 18.1. The van der Waals surface area contributed by atoms with Gasteiger partial charge in [-0.05, 0) is 78.6 Å². The molecule has 5 aromatic rings.